The minimum Gasteiger partial charge on any atom is -0.443 e. The summed E-state index contributed by atoms with van der Waals surface area (Å²) in [4.78, 5) is 30.4. The summed E-state index contributed by atoms with van der Waals surface area (Å²) in [5, 5.41) is 6.23. The number of hydrogen-bond donors (Lipinski definition) is 2. The topological polar surface area (TPSA) is 79.9 Å². The number of rotatable bonds is 10. The summed E-state index contributed by atoms with van der Waals surface area (Å²) in [6.45, 7) is 8.61. The Morgan fingerprint density at radius 1 is 0.900 bits per heavy atom. The van der Waals surface area contributed by atoms with Crippen LogP contribution >= 0.6 is 0 Å². The fourth-order valence-corrected chi connectivity index (χ4v) is 10.6. The van der Waals surface area contributed by atoms with Gasteiger partial charge in [-0.05, 0) is 112 Å². The quantitative estimate of drug-likeness (QED) is 0.166. The Labute approximate surface area is 297 Å². The molecule has 264 valence electrons. The molecule has 0 spiro atoms. The van der Waals surface area contributed by atoms with Crippen molar-refractivity contribution in [1.29, 1.82) is 0 Å². The van der Waals surface area contributed by atoms with E-state index in [0.29, 0.717) is 37.3 Å². The summed E-state index contributed by atoms with van der Waals surface area (Å²) in [6, 6.07) is 29.4. The Hall–Kier alpha value is -4.10. The Balaban J connectivity index is 1.25. The smallest absolute Gasteiger partial charge is 0.412 e. The number of anilines is 2. The third-order valence-electron chi connectivity index (χ3n) is 12.8. The number of hydrogen-bond acceptors (Lipinski definition) is 4. The van der Waals surface area contributed by atoms with Crippen molar-refractivity contribution in [3.05, 3.63) is 108 Å². The van der Waals surface area contributed by atoms with Crippen molar-refractivity contribution in [2.24, 2.45) is 28.6 Å². The van der Waals surface area contributed by atoms with Gasteiger partial charge in [0.15, 0.2) is 0 Å². The third kappa shape index (κ3) is 6.45. The summed E-state index contributed by atoms with van der Waals surface area (Å²) < 4.78 is 12.7. The summed E-state index contributed by atoms with van der Waals surface area (Å²) >= 11 is 0. The van der Waals surface area contributed by atoms with E-state index in [1.807, 2.05) is 66.7 Å². The highest BCUT2D eigenvalue weighted by Crippen LogP contribution is 2.71. The molecule has 1 saturated heterocycles. The van der Waals surface area contributed by atoms with Gasteiger partial charge in [-0.25, -0.2) is 9.59 Å². The van der Waals surface area contributed by atoms with Crippen LogP contribution in [0.1, 0.15) is 77.7 Å². The summed E-state index contributed by atoms with van der Waals surface area (Å²) in [5.41, 5.74) is 3.24. The van der Waals surface area contributed by atoms with Crippen LogP contribution in [0.4, 0.5) is 21.0 Å². The van der Waals surface area contributed by atoms with Gasteiger partial charge in [-0.15, -0.1) is 0 Å². The fraction of sp³-hybridized carbons (Fsp3) is 0.488. The predicted octanol–water partition coefficient (Wildman–Crippen LogP) is 10.1. The number of ether oxygens (including phenoxy) is 2. The molecular weight excluding hydrogens is 622 g/mol. The van der Waals surface area contributed by atoms with Crippen LogP contribution in [0, 0.1) is 28.6 Å². The zero-order valence-electron chi connectivity index (χ0n) is 29.9. The Morgan fingerprint density at radius 3 is 2.26 bits per heavy atom. The number of nitrogens with zero attached hydrogens (tertiary/aromatic N) is 1. The number of likely N-dealkylation sites (tertiary alicyclic amines) is 1. The average Bonchev–Trinajstić information content (AvgIpc) is 3.56. The lowest BCUT2D eigenvalue weighted by Gasteiger charge is -2.70. The molecule has 3 aromatic rings. The van der Waals surface area contributed by atoms with E-state index in [4.69, 9.17) is 9.47 Å². The first-order chi connectivity index (χ1) is 24.2. The molecule has 2 saturated carbocycles. The van der Waals surface area contributed by atoms with Crippen molar-refractivity contribution in [3.8, 4) is 0 Å². The second-order valence-electron chi connectivity index (χ2n) is 15.8. The molecule has 7 heteroatoms. The first-order valence-corrected chi connectivity index (χ1v) is 18.7. The van der Waals surface area contributed by atoms with Gasteiger partial charge >= 0.3 is 12.1 Å². The molecule has 3 amide bonds. The normalized spacial score (nSPS) is 28.5. The highest BCUT2D eigenvalue weighted by Gasteiger charge is 2.70. The molecule has 7 nitrogen and oxygen atoms in total. The van der Waals surface area contributed by atoms with Crippen LogP contribution in [0.25, 0.3) is 0 Å². The lowest BCUT2D eigenvalue weighted by atomic mass is 9.40. The maximum Gasteiger partial charge on any atom is 0.412 e. The number of urea groups is 1. The van der Waals surface area contributed by atoms with Crippen molar-refractivity contribution < 1.29 is 19.1 Å². The highest BCUT2D eigenvalue weighted by atomic mass is 16.6. The summed E-state index contributed by atoms with van der Waals surface area (Å²) in [7, 11) is 0. The lowest BCUT2D eigenvalue weighted by Crippen LogP contribution is -2.74. The molecule has 0 radical (unpaired) electrons. The van der Waals surface area contributed by atoms with Crippen LogP contribution in [0.3, 0.4) is 0 Å². The Bertz CT molecular complexity index is 1660. The summed E-state index contributed by atoms with van der Waals surface area (Å²) in [6.07, 6.45) is 10.3. The van der Waals surface area contributed by atoms with Crippen LogP contribution in [0.15, 0.2) is 103 Å². The number of fused-ring (bicyclic) bond motifs is 1. The van der Waals surface area contributed by atoms with Gasteiger partial charge in [-0.3, -0.25) is 5.32 Å². The monoisotopic (exact) mass is 675 g/mol. The molecule has 7 rings (SSSR count). The zero-order chi connectivity index (χ0) is 34.8. The number of carbonyl (C=O) groups is 2. The zero-order valence-corrected chi connectivity index (χ0v) is 29.9. The van der Waals surface area contributed by atoms with E-state index in [1.165, 1.54) is 12.0 Å². The van der Waals surface area contributed by atoms with Gasteiger partial charge in [0.2, 0.25) is 0 Å². The number of allylic oxidation sites excluding steroid dienone is 2. The first-order valence-electron chi connectivity index (χ1n) is 18.7. The number of benzene rings is 3. The molecule has 3 fully saturated rings. The average molecular weight is 676 g/mol. The van der Waals surface area contributed by atoms with Crippen molar-refractivity contribution in [2.75, 3.05) is 23.8 Å². The van der Waals surface area contributed by atoms with Crippen molar-refractivity contribution >= 4 is 23.5 Å². The van der Waals surface area contributed by atoms with Gasteiger partial charge in [0.05, 0.1) is 6.61 Å². The van der Waals surface area contributed by atoms with E-state index in [1.54, 1.807) is 5.57 Å². The molecule has 3 aliphatic carbocycles. The highest BCUT2D eigenvalue weighted by molar-refractivity contribution is 5.90. The minimum atomic E-state index is -0.839. The van der Waals surface area contributed by atoms with Crippen LogP contribution in [-0.2, 0) is 16.1 Å². The number of nitrogens with one attached hydrogen (secondary N) is 2. The van der Waals surface area contributed by atoms with Gasteiger partial charge in [-0.1, -0.05) is 85.3 Å². The molecule has 1 heterocycles. The van der Waals surface area contributed by atoms with E-state index in [9.17, 15) is 9.59 Å². The Kier molecular flexibility index (Phi) is 9.80. The predicted molar refractivity (Wildman–Crippen MR) is 199 cm³/mol. The van der Waals surface area contributed by atoms with E-state index >= 15 is 0 Å². The van der Waals surface area contributed by atoms with Gasteiger partial charge in [-0.2, -0.15) is 0 Å². The SMILES string of the molecule is CC(C)(OC(=O)Nc1ccccc1)[C@H]1CC[C@@]2(C)[C@@H]3CC=C4CCC[C@H]4[C@@]2(CCCOCc2ccccc2)[C@@H]1N(C(=O)Nc1ccccc1)C3. The van der Waals surface area contributed by atoms with Gasteiger partial charge < -0.3 is 19.7 Å². The van der Waals surface area contributed by atoms with Crippen molar-refractivity contribution in [2.45, 2.75) is 90.4 Å². The second-order valence-corrected chi connectivity index (χ2v) is 15.8. The maximum absolute atomic E-state index is 14.7. The lowest BCUT2D eigenvalue weighted by molar-refractivity contribution is -0.215. The maximum atomic E-state index is 14.7. The summed E-state index contributed by atoms with van der Waals surface area (Å²) in [5.74, 6) is 0.653. The Morgan fingerprint density at radius 2 is 1.56 bits per heavy atom. The van der Waals surface area contributed by atoms with Gasteiger partial charge in [0, 0.05) is 41.9 Å². The van der Waals surface area contributed by atoms with E-state index in [0.717, 1.165) is 50.6 Å². The largest absolute Gasteiger partial charge is 0.443 e. The third-order valence-corrected chi connectivity index (χ3v) is 12.8. The van der Waals surface area contributed by atoms with E-state index < -0.39 is 11.7 Å². The van der Waals surface area contributed by atoms with Crippen LogP contribution in [0.2, 0.25) is 0 Å². The minimum absolute atomic E-state index is 0.0206. The van der Waals surface area contributed by atoms with E-state index in [-0.39, 0.29) is 28.8 Å². The number of amides is 3. The van der Waals surface area contributed by atoms with E-state index in [2.05, 4.69) is 66.6 Å². The molecule has 50 heavy (non-hydrogen) atoms. The molecule has 4 bridgehead atoms. The number of para-hydroxylation sites is 2. The molecule has 3 aromatic carbocycles. The molecule has 1 aliphatic heterocycles. The van der Waals surface area contributed by atoms with Crippen LogP contribution in [-0.4, -0.2) is 41.8 Å². The second kappa shape index (κ2) is 14.3. The first kappa shape index (κ1) is 34.4. The fourth-order valence-electron chi connectivity index (χ4n) is 10.6. The molecule has 4 aliphatic rings. The van der Waals surface area contributed by atoms with Gasteiger partial charge in [0.1, 0.15) is 5.60 Å². The van der Waals surface area contributed by atoms with Gasteiger partial charge in [0.25, 0.3) is 0 Å². The van der Waals surface area contributed by atoms with Crippen molar-refractivity contribution in [1.82, 2.24) is 4.90 Å². The standard InChI is InChI=1S/C43H53N3O4/c1-41(2,50-40(48)45-35-20-11-6-12-21-35)37-25-27-42(3)33-24-23-32-17-13-22-36(32)43(42,26-14-28-49-30-31-15-7-4-8-16-31)38(37)46(29-33)39(47)44-34-18-9-5-10-19-34/h4-12,15-16,18-21,23,33,36-38H,13-14,17,22,24-30H2,1-3H3,(H,44,47)(H,45,48)/t33-,36-,37+,38-,42+,43+/m1/s1. The molecule has 0 unspecified atom stereocenters. The number of carbonyl (C=O) groups excluding carboxylic acids is 2. The van der Waals surface area contributed by atoms with Crippen LogP contribution in [0.5, 0.6) is 0 Å². The number of piperidine rings is 1. The molecule has 2 N–H and O–H groups in total. The van der Waals surface area contributed by atoms with Crippen molar-refractivity contribution in [3.63, 3.8) is 0 Å². The molecule has 0 aromatic heterocycles. The molecule has 6 atom stereocenters. The molecular formula is C43H53N3O4. The van der Waals surface area contributed by atoms with Crippen LogP contribution < -0.4 is 10.6 Å².